The third-order valence-electron chi connectivity index (χ3n) is 1.79. The Hall–Kier alpha value is -1.76. The number of nitrogens with zero attached hydrogens (tertiary/aromatic N) is 4. The number of nitrogens with one attached hydrogen (secondary N) is 1. The molecule has 0 amide bonds. The molecule has 6 nitrogen and oxygen atoms in total. The maximum Gasteiger partial charge on any atom is 0.226 e. The van der Waals surface area contributed by atoms with Crippen LogP contribution in [0.3, 0.4) is 0 Å². The van der Waals surface area contributed by atoms with Crippen LogP contribution in [0.15, 0.2) is 29.3 Å². The number of aromatic nitrogens is 4. The van der Waals surface area contributed by atoms with Crippen molar-refractivity contribution in [3.05, 3.63) is 35.0 Å². The van der Waals surface area contributed by atoms with Crippen molar-refractivity contribution >= 4 is 27.7 Å². The summed E-state index contributed by atoms with van der Waals surface area (Å²) in [5, 5.41) is 3.02. The number of nitrogens with two attached hydrogens (primary N) is 1. The van der Waals surface area contributed by atoms with Gasteiger partial charge in [-0.2, -0.15) is 4.98 Å². The highest BCUT2D eigenvalue weighted by molar-refractivity contribution is 9.10. The molecule has 0 aliphatic rings. The summed E-state index contributed by atoms with van der Waals surface area (Å²) in [5.74, 6) is 0.873. The summed E-state index contributed by atoms with van der Waals surface area (Å²) in [6, 6.07) is 3.45. The lowest BCUT2D eigenvalue weighted by atomic mass is 10.4. The van der Waals surface area contributed by atoms with Gasteiger partial charge in [-0.1, -0.05) is 0 Å². The highest BCUT2D eigenvalue weighted by Crippen LogP contribution is 2.12. The molecule has 0 atom stereocenters. The van der Waals surface area contributed by atoms with E-state index in [0.29, 0.717) is 22.9 Å². The van der Waals surface area contributed by atoms with Gasteiger partial charge in [-0.25, -0.2) is 15.0 Å². The lowest BCUT2D eigenvalue weighted by Gasteiger charge is -2.04. The molecule has 0 aromatic carbocycles. The van der Waals surface area contributed by atoms with E-state index in [4.69, 9.17) is 5.73 Å². The Morgan fingerprint density at radius 1 is 1.38 bits per heavy atom. The van der Waals surface area contributed by atoms with E-state index in [-0.39, 0.29) is 0 Å². The molecule has 0 saturated carbocycles. The Bertz CT molecular complexity index is 454. The summed E-state index contributed by atoms with van der Waals surface area (Å²) in [6.45, 7) is 0.526. The Labute approximate surface area is 100 Å². The fraction of sp³-hybridized carbons (Fsp3) is 0.111. The smallest absolute Gasteiger partial charge is 0.226 e. The van der Waals surface area contributed by atoms with Crippen LogP contribution >= 0.6 is 15.9 Å². The highest BCUT2D eigenvalue weighted by atomic mass is 79.9. The van der Waals surface area contributed by atoms with Gasteiger partial charge in [0.05, 0.1) is 12.2 Å². The van der Waals surface area contributed by atoms with Gasteiger partial charge in [-0.05, 0) is 22.0 Å². The molecule has 7 heteroatoms. The molecule has 0 radical (unpaired) electrons. The normalized spacial score (nSPS) is 10.1. The maximum absolute atomic E-state index is 5.58. The van der Waals surface area contributed by atoms with E-state index in [2.05, 4.69) is 41.2 Å². The van der Waals surface area contributed by atoms with Crippen molar-refractivity contribution in [2.24, 2.45) is 0 Å². The summed E-state index contributed by atoms with van der Waals surface area (Å²) >= 11 is 3.24. The first-order valence-corrected chi connectivity index (χ1v) is 5.32. The molecule has 0 unspecified atom stereocenters. The van der Waals surface area contributed by atoms with E-state index >= 15 is 0 Å². The predicted molar refractivity (Wildman–Crippen MR) is 63.5 cm³/mol. The molecule has 82 valence electrons. The monoisotopic (exact) mass is 280 g/mol. The van der Waals surface area contributed by atoms with Crippen LogP contribution in [-0.4, -0.2) is 19.9 Å². The zero-order valence-corrected chi connectivity index (χ0v) is 9.85. The third-order valence-corrected chi connectivity index (χ3v) is 2.19. The quantitative estimate of drug-likeness (QED) is 0.822. The average molecular weight is 281 g/mol. The summed E-state index contributed by atoms with van der Waals surface area (Å²) in [7, 11) is 0. The SMILES string of the molecule is Nc1cc(Br)nc(NCc2ccncn2)n1. The fourth-order valence-electron chi connectivity index (χ4n) is 1.11. The Morgan fingerprint density at radius 2 is 2.25 bits per heavy atom. The zero-order chi connectivity index (χ0) is 11.4. The van der Waals surface area contributed by atoms with Crippen molar-refractivity contribution in [1.82, 2.24) is 19.9 Å². The molecule has 16 heavy (non-hydrogen) atoms. The van der Waals surface area contributed by atoms with E-state index in [9.17, 15) is 0 Å². The molecule has 2 rings (SSSR count). The van der Waals surface area contributed by atoms with Gasteiger partial charge in [0, 0.05) is 12.3 Å². The number of nitrogen functional groups attached to an aromatic ring is 1. The average Bonchev–Trinajstić information content (AvgIpc) is 2.27. The second-order valence-corrected chi connectivity index (χ2v) is 3.81. The fourth-order valence-corrected chi connectivity index (χ4v) is 1.51. The van der Waals surface area contributed by atoms with Crippen LogP contribution in [0.5, 0.6) is 0 Å². The van der Waals surface area contributed by atoms with Crippen molar-refractivity contribution in [3.63, 3.8) is 0 Å². The van der Waals surface area contributed by atoms with E-state index in [0.717, 1.165) is 5.69 Å². The van der Waals surface area contributed by atoms with Gasteiger partial charge >= 0.3 is 0 Å². The number of halogens is 1. The van der Waals surface area contributed by atoms with Gasteiger partial charge < -0.3 is 11.1 Å². The van der Waals surface area contributed by atoms with Crippen LogP contribution in [0.4, 0.5) is 11.8 Å². The van der Waals surface area contributed by atoms with Gasteiger partial charge in [0.2, 0.25) is 5.95 Å². The third kappa shape index (κ3) is 2.86. The van der Waals surface area contributed by atoms with Gasteiger partial charge in [0.1, 0.15) is 16.7 Å². The van der Waals surface area contributed by atoms with Crippen LogP contribution in [0.25, 0.3) is 0 Å². The second-order valence-electron chi connectivity index (χ2n) is 2.99. The zero-order valence-electron chi connectivity index (χ0n) is 8.26. The van der Waals surface area contributed by atoms with Crippen molar-refractivity contribution in [2.75, 3.05) is 11.1 Å². The minimum absolute atomic E-state index is 0.409. The van der Waals surface area contributed by atoms with Crippen molar-refractivity contribution in [2.45, 2.75) is 6.54 Å². The molecular formula is C9H9BrN6. The van der Waals surface area contributed by atoms with Gasteiger partial charge in [0.15, 0.2) is 0 Å². The topological polar surface area (TPSA) is 89.6 Å². The predicted octanol–water partition coefficient (Wildman–Crippen LogP) is 1.22. The Balaban J connectivity index is 2.05. The van der Waals surface area contributed by atoms with Crippen LogP contribution < -0.4 is 11.1 Å². The van der Waals surface area contributed by atoms with Crippen molar-refractivity contribution in [1.29, 1.82) is 0 Å². The second kappa shape index (κ2) is 4.84. The van der Waals surface area contributed by atoms with Crippen LogP contribution in [0, 0.1) is 0 Å². The molecule has 0 fully saturated rings. The molecule has 2 aromatic rings. The summed E-state index contributed by atoms with van der Waals surface area (Å²) in [5.41, 5.74) is 6.44. The standard InChI is InChI=1S/C9H9BrN6/c10-7-3-8(11)16-9(15-7)13-4-6-1-2-12-5-14-6/h1-3,5H,4H2,(H3,11,13,15,16). The Morgan fingerprint density at radius 3 is 2.94 bits per heavy atom. The number of anilines is 2. The minimum Gasteiger partial charge on any atom is -0.383 e. The van der Waals surface area contributed by atoms with E-state index < -0.39 is 0 Å². The molecule has 0 spiro atoms. The summed E-state index contributed by atoms with van der Waals surface area (Å²) in [4.78, 5) is 16.0. The van der Waals surface area contributed by atoms with Gasteiger partial charge in [-0.3, -0.25) is 0 Å². The molecule has 2 aromatic heterocycles. The van der Waals surface area contributed by atoms with Crippen LogP contribution in [0.2, 0.25) is 0 Å². The minimum atomic E-state index is 0.409. The molecular weight excluding hydrogens is 272 g/mol. The first kappa shape index (κ1) is 10.7. The molecule has 0 aliphatic carbocycles. The lowest BCUT2D eigenvalue weighted by molar-refractivity contribution is 0.976. The molecule has 0 aliphatic heterocycles. The van der Waals surface area contributed by atoms with Gasteiger partial charge in [0.25, 0.3) is 0 Å². The maximum atomic E-state index is 5.58. The van der Waals surface area contributed by atoms with Crippen LogP contribution in [-0.2, 0) is 6.54 Å². The molecule has 2 heterocycles. The van der Waals surface area contributed by atoms with Crippen LogP contribution in [0.1, 0.15) is 5.69 Å². The lowest BCUT2D eigenvalue weighted by Crippen LogP contribution is -2.06. The van der Waals surface area contributed by atoms with E-state index in [1.165, 1.54) is 6.33 Å². The number of rotatable bonds is 3. The number of hydrogen-bond donors (Lipinski definition) is 2. The number of hydrogen-bond acceptors (Lipinski definition) is 6. The van der Waals surface area contributed by atoms with Crippen molar-refractivity contribution < 1.29 is 0 Å². The van der Waals surface area contributed by atoms with Crippen molar-refractivity contribution in [3.8, 4) is 0 Å². The first-order chi connectivity index (χ1) is 7.74. The van der Waals surface area contributed by atoms with E-state index in [1.54, 1.807) is 12.3 Å². The molecule has 0 bridgehead atoms. The first-order valence-electron chi connectivity index (χ1n) is 4.53. The van der Waals surface area contributed by atoms with Gasteiger partial charge in [-0.15, -0.1) is 0 Å². The summed E-state index contributed by atoms with van der Waals surface area (Å²) < 4.78 is 0.644. The highest BCUT2D eigenvalue weighted by Gasteiger charge is 2.00. The largest absolute Gasteiger partial charge is 0.383 e. The Kier molecular flexibility index (Phi) is 3.25. The molecule has 3 N–H and O–H groups in total. The van der Waals surface area contributed by atoms with E-state index in [1.807, 2.05) is 6.07 Å². The molecule has 0 saturated heterocycles. The summed E-state index contributed by atoms with van der Waals surface area (Å²) in [6.07, 6.45) is 3.17.